The van der Waals surface area contributed by atoms with E-state index in [1.807, 2.05) is 0 Å². The lowest BCUT2D eigenvalue weighted by Crippen LogP contribution is -2.26. The van der Waals surface area contributed by atoms with Gasteiger partial charge in [-0.1, -0.05) is 48.0 Å². The molecule has 0 bridgehead atoms. The van der Waals surface area contributed by atoms with Gasteiger partial charge in [-0.15, -0.1) is 0 Å². The molecule has 3 nitrogen and oxygen atoms in total. The van der Waals surface area contributed by atoms with Gasteiger partial charge >= 0.3 is 0 Å². The monoisotopic (exact) mass is 252 g/mol. The van der Waals surface area contributed by atoms with Crippen LogP contribution in [0.5, 0.6) is 0 Å². The van der Waals surface area contributed by atoms with Crippen molar-refractivity contribution in [3.8, 4) is 0 Å². The normalized spacial score (nSPS) is 12.4. The van der Waals surface area contributed by atoms with E-state index in [9.17, 15) is 4.79 Å². The fraction of sp³-hybridized carbons (Fsp3) is 0.800. The second-order valence-electron chi connectivity index (χ2n) is 6.62. The number of H-pyrrole nitrogens is 1. The van der Waals surface area contributed by atoms with Gasteiger partial charge in [-0.2, -0.15) is 0 Å². The molecular formula is C15H28N2O. The van der Waals surface area contributed by atoms with E-state index in [-0.39, 0.29) is 11.0 Å². The largest absolute Gasteiger partial charge is 0.299 e. The van der Waals surface area contributed by atoms with Gasteiger partial charge in [0.1, 0.15) is 0 Å². The number of rotatable bonds is 5. The summed E-state index contributed by atoms with van der Waals surface area (Å²) in [5, 5.41) is 3.33. The average molecular weight is 252 g/mol. The quantitative estimate of drug-likeness (QED) is 0.856. The van der Waals surface area contributed by atoms with Gasteiger partial charge in [-0.3, -0.25) is 14.6 Å². The predicted octanol–water partition coefficient (Wildman–Crippen LogP) is 3.47. The number of hydrogen-bond acceptors (Lipinski definition) is 1. The maximum atomic E-state index is 12.5. The van der Waals surface area contributed by atoms with Crippen LogP contribution in [-0.4, -0.2) is 9.78 Å². The number of aryl methyl sites for hydroxylation is 1. The van der Waals surface area contributed by atoms with E-state index >= 15 is 0 Å². The van der Waals surface area contributed by atoms with Crippen molar-refractivity contribution in [2.24, 2.45) is 5.92 Å². The first-order valence-corrected chi connectivity index (χ1v) is 7.09. The summed E-state index contributed by atoms with van der Waals surface area (Å²) in [4.78, 5) is 12.5. The minimum absolute atomic E-state index is 0.0880. The van der Waals surface area contributed by atoms with E-state index in [0.29, 0.717) is 5.92 Å². The fourth-order valence-electron chi connectivity index (χ4n) is 2.34. The zero-order chi connectivity index (χ0) is 13.9. The Labute approximate surface area is 111 Å². The highest BCUT2D eigenvalue weighted by Crippen LogP contribution is 2.23. The van der Waals surface area contributed by atoms with Crippen molar-refractivity contribution in [3.63, 3.8) is 0 Å². The maximum Gasteiger partial charge on any atom is 0.270 e. The smallest absolute Gasteiger partial charge is 0.270 e. The zero-order valence-electron chi connectivity index (χ0n) is 12.8. The van der Waals surface area contributed by atoms with Crippen molar-refractivity contribution in [2.75, 3.05) is 0 Å². The summed E-state index contributed by atoms with van der Waals surface area (Å²) in [5.74, 6) is 0.559. The van der Waals surface area contributed by atoms with E-state index in [0.717, 1.165) is 37.1 Å². The standard InChI is InChI=1S/C15H28N2O/c1-7-8-9-17-14(18)13(15(4,5)6)12(16-17)10-11(2)3/h11,16H,7-10H2,1-6H3. The van der Waals surface area contributed by atoms with Crippen LogP contribution in [0, 0.1) is 5.92 Å². The fourth-order valence-corrected chi connectivity index (χ4v) is 2.34. The third-order valence-corrected chi connectivity index (χ3v) is 3.13. The van der Waals surface area contributed by atoms with Gasteiger partial charge in [-0.25, -0.2) is 0 Å². The first-order chi connectivity index (χ1) is 8.27. The molecule has 0 aliphatic carbocycles. The molecule has 0 unspecified atom stereocenters. The molecule has 1 N–H and O–H groups in total. The summed E-state index contributed by atoms with van der Waals surface area (Å²) in [6, 6.07) is 0. The van der Waals surface area contributed by atoms with Gasteiger partial charge in [0.05, 0.1) is 0 Å². The average Bonchev–Trinajstić information content (AvgIpc) is 2.50. The summed E-state index contributed by atoms with van der Waals surface area (Å²) in [7, 11) is 0. The van der Waals surface area contributed by atoms with Crippen LogP contribution < -0.4 is 5.56 Å². The minimum Gasteiger partial charge on any atom is -0.299 e. The lowest BCUT2D eigenvalue weighted by molar-refractivity contribution is 0.541. The van der Waals surface area contributed by atoms with Gasteiger partial charge < -0.3 is 0 Å². The molecule has 1 rings (SSSR count). The van der Waals surface area contributed by atoms with Gasteiger partial charge in [0.15, 0.2) is 0 Å². The number of nitrogens with one attached hydrogen (secondary N) is 1. The molecule has 0 saturated heterocycles. The van der Waals surface area contributed by atoms with Crippen molar-refractivity contribution >= 4 is 0 Å². The summed E-state index contributed by atoms with van der Waals surface area (Å²) < 4.78 is 1.79. The summed E-state index contributed by atoms with van der Waals surface area (Å²) >= 11 is 0. The van der Waals surface area contributed by atoms with Gasteiger partial charge in [0.25, 0.3) is 5.56 Å². The molecule has 0 aliphatic rings. The van der Waals surface area contributed by atoms with Crippen LogP contribution in [0.15, 0.2) is 4.79 Å². The third-order valence-electron chi connectivity index (χ3n) is 3.13. The van der Waals surface area contributed by atoms with E-state index in [1.54, 1.807) is 4.68 Å². The molecule has 0 spiro atoms. The van der Waals surface area contributed by atoms with Crippen molar-refractivity contribution in [1.29, 1.82) is 0 Å². The van der Waals surface area contributed by atoms with Crippen LogP contribution in [0.4, 0.5) is 0 Å². The highest BCUT2D eigenvalue weighted by molar-refractivity contribution is 5.25. The van der Waals surface area contributed by atoms with Crippen LogP contribution in [0.3, 0.4) is 0 Å². The molecule has 0 amide bonds. The van der Waals surface area contributed by atoms with Crippen molar-refractivity contribution < 1.29 is 0 Å². The van der Waals surface area contributed by atoms with Crippen molar-refractivity contribution in [1.82, 2.24) is 9.78 Å². The molecule has 0 fully saturated rings. The highest BCUT2D eigenvalue weighted by atomic mass is 16.1. The van der Waals surface area contributed by atoms with Crippen LogP contribution in [0.25, 0.3) is 0 Å². The van der Waals surface area contributed by atoms with E-state index < -0.39 is 0 Å². The second-order valence-corrected chi connectivity index (χ2v) is 6.62. The van der Waals surface area contributed by atoms with Crippen LogP contribution >= 0.6 is 0 Å². The van der Waals surface area contributed by atoms with E-state index in [2.05, 4.69) is 46.6 Å². The maximum absolute atomic E-state index is 12.5. The zero-order valence-corrected chi connectivity index (χ0v) is 12.8. The Hall–Kier alpha value is -0.990. The first-order valence-electron chi connectivity index (χ1n) is 7.09. The summed E-state index contributed by atoms with van der Waals surface area (Å²) in [5.41, 5.74) is 2.17. The Morgan fingerprint density at radius 3 is 2.33 bits per heavy atom. The first kappa shape index (κ1) is 15.1. The Kier molecular flexibility index (Phi) is 4.83. The van der Waals surface area contributed by atoms with Crippen molar-refractivity contribution in [3.05, 3.63) is 21.6 Å². The highest BCUT2D eigenvalue weighted by Gasteiger charge is 2.25. The van der Waals surface area contributed by atoms with Gasteiger partial charge in [-0.05, 0) is 24.2 Å². The molecule has 0 saturated carbocycles. The Morgan fingerprint density at radius 1 is 1.28 bits per heavy atom. The van der Waals surface area contributed by atoms with Gasteiger partial charge in [0, 0.05) is 17.8 Å². The number of nitrogens with zero attached hydrogens (tertiary/aromatic N) is 1. The number of hydrogen-bond donors (Lipinski definition) is 1. The molecule has 0 aromatic carbocycles. The molecule has 0 radical (unpaired) electrons. The molecule has 1 aromatic heterocycles. The summed E-state index contributed by atoms with van der Waals surface area (Å²) in [6.07, 6.45) is 3.10. The molecule has 3 heteroatoms. The lowest BCUT2D eigenvalue weighted by Gasteiger charge is -2.18. The molecule has 0 aliphatic heterocycles. The van der Waals surface area contributed by atoms with Gasteiger partial charge in [0.2, 0.25) is 0 Å². The Bertz CT molecular complexity index is 432. The SMILES string of the molecule is CCCCn1[nH]c(CC(C)C)c(C(C)(C)C)c1=O. The molecule has 104 valence electrons. The van der Waals surface area contributed by atoms with Crippen molar-refractivity contribution in [2.45, 2.75) is 72.8 Å². The van der Waals surface area contributed by atoms with E-state index in [1.165, 1.54) is 0 Å². The molecular weight excluding hydrogens is 224 g/mol. The second kappa shape index (κ2) is 5.77. The topological polar surface area (TPSA) is 37.8 Å². The Morgan fingerprint density at radius 2 is 1.89 bits per heavy atom. The number of aromatic nitrogens is 2. The van der Waals surface area contributed by atoms with Crippen LogP contribution in [0.2, 0.25) is 0 Å². The summed E-state index contributed by atoms with van der Waals surface area (Å²) in [6.45, 7) is 13.7. The molecule has 0 atom stereocenters. The number of aromatic amines is 1. The lowest BCUT2D eigenvalue weighted by atomic mass is 9.85. The predicted molar refractivity (Wildman–Crippen MR) is 77.2 cm³/mol. The van der Waals surface area contributed by atoms with Crippen LogP contribution in [-0.2, 0) is 18.4 Å². The minimum atomic E-state index is -0.0880. The molecule has 1 aromatic rings. The third kappa shape index (κ3) is 3.50. The van der Waals surface area contributed by atoms with E-state index in [4.69, 9.17) is 0 Å². The van der Waals surface area contributed by atoms with Crippen LogP contribution in [0.1, 0.15) is 65.6 Å². The number of unbranched alkanes of at least 4 members (excludes halogenated alkanes) is 1. The Balaban J connectivity index is 3.19. The molecule has 1 heterocycles. The molecule has 18 heavy (non-hydrogen) atoms.